The van der Waals surface area contributed by atoms with E-state index in [0.29, 0.717) is 32.4 Å². The van der Waals surface area contributed by atoms with E-state index in [9.17, 15) is 4.79 Å². The zero-order chi connectivity index (χ0) is 24.5. The normalized spacial score (nSPS) is 12.4. The Bertz CT molecular complexity index is 1570. The SMILES string of the molecule is Cc1ccccc1-n1nnnc1C(c1ccccc1)N(C)Cc1coc2c(Cl)cc(Cl)cc2c1=O. The average Bonchev–Trinajstić information content (AvgIpc) is 3.31. The summed E-state index contributed by atoms with van der Waals surface area (Å²) in [5, 5.41) is 13.7. The smallest absolute Gasteiger partial charge is 0.197 e. The van der Waals surface area contributed by atoms with Gasteiger partial charge in [0.2, 0.25) is 0 Å². The van der Waals surface area contributed by atoms with E-state index in [1.807, 2.05) is 73.5 Å². The first kappa shape index (κ1) is 23.2. The Morgan fingerprint density at radius 3 is 2.57 bits per heavy atom. The van der Waals surface area contributed by atoms with Crippen LogP contribution in [0.15, 0.2) is 82.2 Å². The van der Waals surface area contributed by atoms with Crippen molar-refractivity contribution in [1.82, 2.24) is 25.1 Å². The van der Waals surface area contributed by atoms with E-state index in [2.05, 4.69) is 15.5 Å². The van der Waals surface area contributed by atoms with Crippen LogP contribution in [0.25, 0.3) is 16.7 Å². The maximum Gasteiger partial charge on any atom is 0.197 e. The summed E-state index contributed by atoms with van der Waals surface area (Å²) in [6.07, 6.45) is 1.45. The topological polar surface area (TPSA) is 77.1 Å². The van der Waals surface area contributed by atoms with Crippen LogP contribution in [0.4, 0.5) is 0 Å². The molecule has 0 aliphatic carbocycles. The van der Waals surface area contributed by atoms with Gasteiger partial charge in [-0.25, -0.2) is 0 Å². The third-order valence-electron chi connectivity index (χ3n) is 5.92. The molecule has 176 valence electrons. The van der Waals surface area contributed by atoms with Crippen LogP contribution < -0.4 is 5.43 Å². The molecule has 2 heterocycles. The summed E-state index contributed by atoms with van der Waals surface area (Å²) in [5.74, 6) is 0.629. The predicted octanol–water partition coefficient (Wildman–Crippen LogP) is 5.61. The molecule has 2 aromatic heterocycles. The molecule has 9 heteroatoms. The number of benzene rings is 3. The van der Waals surface area contributed by atoms with Crippen molar-refractivity contribution in [2.24, 2.45) is 0 Å². The maximum atomic E-state index is 13.3. The minimum Gasteiger partial charge on any atom is -0.462 e. The number of halogens is 2. The molecule has 35 heavy (non-hydrogen) atoms. The molecule has 0 saturated heterocycles. The van der Waals surface area contributed by atoms with E-state index in [1.54, 1.807) is 16.8 Å². The zero-order valence-electron chi connectivity index (χ0n) is 19.0. The molecule has 0 spiro atoms. The Labute approximate surface area is 211 Å². The Hall–Kier alpha value is -3.52. The number of para-hydroxylation sites is 1. The number of aryl methyl sites for hydroxylation is 1. The maximum absolute atomic E-state index is 13.3. The van der Waals surface area contributed by atoms with E-state index < -0.39 is 0 Å². The largest absolute Gasteiger partial charge is 0.462 e. The van der Waals surface area contributed by atoms with Crippen molar-refractivity contribution in [3.05, 3.63) is 116 Å². The van der Waals surface area contributed by atoms with Gasteiger partial charge in [-0.3, -0.25) is 9.69 Å². The molecule has 0 fully saturated rings. The number of tetrazole rings is 1. The quantitative estimate of drug-likeness (QED) is 0.298. The summed E-state index contributed by atoms with van der Waals surface area (Å²) in [4.78, 5) is 15.3. The number of aromatic nitrogens is 4. The van der Waals surface area contributed by atoms with Crippen LogP contribution in [-0.4, -0.2) is 32.2 Å². The molecule has 1 atom stereocenters. The first-order chi connectivity index (χ1) is 16.9. The van der Waals surface area contributed by atoms with Crippen LogP contribution >= 0.6 is 23.2 Å². The summed E-state index contributed by atoms with van der Waals surface area (Å²) < 4.78 is 7.47. The second kappa shape index (κ2) is 9.62. The van der Waals surface area contributed by atoms with E-state index in [1.165, 1.54) is 6.26 Å². The Morgan fingerprint density at radius 2 is 1.80 bits per heavy atom. The molecule has 7 nitrogen and oxygen atoms in total. The van der Waals surface area contributed by atoms with Gasteiger partial charge < -0.3 is 4.42 Å². The van der Waals surface area contributed by atoms with Crippen LogP contribution in [0.1, 0.15) is 28.6 Å². The van der Waals surface area contributed by atoms with Crippen molar-refractivity contribution in [2.45, 2.75) is 19.5 Å². The predicted molar refractivity (Wildman–Crippen MR) is 136 cm³/mol. The average molecular weight is 506 g/mol. The molecule has 1 unspecified atom stereocenters. The molecule has 0 radical (unpaired) electrons. The summed E-state index contributed by atoms with van der Waals surface area (Å²) in [6, 6.07) is 20.6. The number of hydrogen-bond donors (Lipinski definition) is 0. The third-order valence-corrected chi connectivity index (χ3v) is 6.42. The summed E-state index contributed by atoms with van der Waals surface area (Å²) in [5.41, 5.74) is 3.50. The lowest BCUT2D eigenvalue weighted by molar-refractivity contribution is 0.256. The summed E-state index contributed by atoms with van der Waals surface area (Å²) in [7, 11) is 1.92. The number of nitrogens with zero attached hydrogens (tertiary/aromatic N) is 5. The highest BCUT2D eigenvalue weighted by atomic mass is 35.5. The first-order valence-corrected chi connectivity index (χ1v) is 11.7. The molecule has 3 aromatic carbocycles. The van der Waals surface area contributed by atoms with E-state index >= 15 is 0 Å². The lowest BCUT2D eigenvalue weighted by Crippen LogP contribution is -2.30. The standard InChI is InChI=1S/C26H21Cl2N5O2/c1-16-8-6-7-11-22(16)33-26(29-30-31-33)23(17-9-4-3-5-10-17)32(2)14-18-15-35-25-20(24(18)34)12-19(27)13-21(25)28/h3-13,15,23H,14H2,1-2H3. The number of fused-ring (bicyclic) bond motifs is 1. The van der Waals surface area contributed by atoms with Gasteiger partial charge in [-0.05, 0) is 53.7 Å². The number of hydrogen-bond acceptors (Lipinski definition) is 6. The van der Waals surface area contributed by atoms with E-state index in [0.717, 1.165) is 16.8 Å². The van der Waals surface area contributed by atoms with Gasteiger partial charge in [0.15, 0.2) is 16.8 Å². The Kier molecular flexibility index (Phi) is 6.38. The number of rotatable bonds is 6. The fourth-order valence-corrected chi connectivity index (χ4v) is 4.79. The minimum atomic E-state index is -0.344. The monoisotopic (exact) mass is 505 g/mol. The van der Waals surface area contributed by atoms with Gasteiger partial charge in [0.25, 0.3) is 0 Å². The van der Waals surface area contributed by atoms with Crippen molar-refractivity contribution in [3.8, 4) is 5.69 Å². The van der Waals surface area contributed by atoms with Gasteiger partial charge in [-0.2, -0.15) is 4.68 Å². The van der Waals surface area contributed by atoms with Crippen LogP contribution in [0.5, 0.6) is 0 Å². The Morgan fingerprint density at radius 1 is 1.06 bits per heavy atom. The van der Waals surface area contributed by atoms with Gasteiger partial charge in [0.1, 0.15) is 0 Å². The summed E-state index contributed by atoms with van der Waals surface area (Å²) >= 11 is 12.4. The zero-order valence-corrected chi connectivity index (χ0v) is 20.5. The highest BCUT2D eigenvalue weighted by molar-refractivity contribution is 6.38. The molecule has 5 rings (SSSR count). The highest BCUT2D eigenvalue weighted by Crippen LogP contribution is 2.30. The second-order valence-electron chi connectivity index (χ2n) is 8.32. The molecule has 0 bridgehead atoms. The fourth-order valence-electron chi connectivity index (χ4n) is 4.25. The third kappa shape index (κ3) is 4.46. The second-order valence-corrected chi connectivity index (χ2v) is 9.16. The van der Waals surface area contributed by atoms with E-state index in [-0.39, 0.29) is 18.0 Å². The summed E-state index contributed by atoms with van der Waals surface area (Å²) in [6.45, 7) is 2.29. The van der Waals surface area contributed by atoms with Crippen LogP contribution in [0.2, 0.25) is 10.0 Å². The van der Waals surface area contributed by atoms with Crippen molar-refractivity contribution >= 4 is 34.2 Å². The highest BCUT2D eigenvalue weighted by Gasteiger charge is 2.27. The van der Waals surface area contributed by atoms with Gasteiger partial charge >= 0.3 is 0 Å². The molecule has 0 saturated carbocycles. The first-order valence-electron chi connectivity index (χ1n) is 10.9. The molecule has 0 N–H and O–H groups in total. The van der Waals surface area contributed by atoms with Crippen molar-refractivity contribution in [1.29, 1.82) is 0 Å². The molecular weight excluding hydrogens is 485 g/mol. The lowest BCUT2D eigenvalue weighted by Gasteiger charge is -2.27. The molecule has 5 aromatic rings. The van der Waals surface area contributed by atoms with Crippen LogP contribution in [-0.2, 0) is 6.54 Å². The molecule has 0 aliphatic heterocycles. The van der Waals surface area contributed by atoms with Gasteiger partial charge in [0, 0.05) is 17.1 Å². The molecular formula is C26H21Cl2N5O2. The van der Waals surface area contributed by atoms with Crippen LogP contribution in [0.3, 0.4) is 0 Å². The molecule has 0 aliphatic rings. The van der Waals surface area contributed by atoms with Crippen molar-refractivity contribution < 1.29 is 4.42 Å². The van der Waals surface area contributed by atoms with Crippen LogP contribution in [0, 0.1) is 6.92 Å². The van der Waals surface area contributed by atoms with Gasteiger partial charge in [-0.1, -0.05) is 71.7 Å². The van der Waals surface area contributed by atoms with Gasteiger partial charge in [0.05, 0.1) is 28.4 Å². The fraction of sp³-hybridized carbons (Fsp3) is 0.154. The van der Waals surface area contributed by atoms with Crippen molar-refractivity contribution in [2.75, 3.05) is 7.05 Å². The minimum absolute atomic E-state index is 0.187. The van der Waals surface area contributed by atoms with E-state index in [4.69, 9.17) is 27.6 Å². The Balaban J connectivity index is 1.59. The lowest BCUT2D eigenvalue weighted by atomic mass is 10.0. The van der Waals surface area contributed by atoms with Gasteiger partial charge in [-0.15, -0.1) is 5.10 Å². The van der Waals surface area contributed by atoms with Crippen molar-refractivity contribution in [3.63, 3.8) is 0 Å². The molecule has 0 amide bonds.